The molecule has 0 aliphatic heterocycles. The fourth-order valence-electron chi connectivity index (χ4n) is 2.26. The van der Waals surface area contributed by atoms with Gasteiger partial charge in [0, 0.05) is 19.2 Å². The highest BCUT2D eigenvalue weighted by molar-refractivity contribution is 5.82. The maximum absolute atomic E-state index is 10.9. The minimum absolute atomic E-state index is 0.464. The molecule has 1 unspecified atom stereocenters. The lowest BCUT2D eigenvalue weighted by Gasteiger charge is -2.27. The van der Waals surface area contributed by atoms with Crippen molar-refractivity contribution in [2.75, 3.05) is 20.7 Å². The van der Waals surface area contributed by atoms with E-state index in [0.29, 0.717) is 13.0 Å². The number of unbranched alkanes of at least 4 members (excludes halogenated alkanes) is 5. The summed E-state index contributed by atoms with van der Waals surface area (Å²) in [5.41, 5.74) is 0.0208. The molecule has 0 saturated carbocycles. The fraction of sp³-hybridized carbons (Fsp3) is 0.706. The van der Waals surface area contributed by atoms with E-state index in [9.17, 15) is 9.70 Å². The molecule has 0 spiro atoms. The molecule has 138 valence electrons. The Hall–Kier alpha value is -1.89. The number of likely N-dealkylation sites (N-methyl/N-ethyl adjacent to an activating group) is 2. The average molecular weight is 341 g/mol. The molecule has 1 rings (SSSR count). The molecule has 7 heteroatoms. The summed E-state index contributed by atoms with van der Waals surface area (Å²) in [6, 6.07) is 0. The van der Waals surface area contributed by atoms with Crippen molar-refractivity contribution in [3.63, 3.8) is 0 Å². The molecule has 0 amide bonds. The van der Waals surface area contributed by atoms with Crippen LogP contribution in [0.5, 0.6) is 0 Å². The van der Waals surface area contributed by atoms with Crippen molar-refractivity contribution in [1.29, 1.82) is 0 Å². The van der Waals surface area contributed by atoms with Gasteiger partial charge in [0.05, 0.1) is 0 Å². The van der Waals surface area contributed by atoms with Crippen LogP contribution < -0.4 is 10.6 Å². The summed E-state index contributed by atoms with van der Waals surface area (Å²) in [4.78, 5) is 24.7. The number of nitrogens with one attached hydrogen (secondary N) is 2. The molecule has 0 fully saturated rings. The zero-order valence-electron chi connectivity index (χ0n) is 15.0. The predicted octanol–water partition coefficient (Wildman–Crippen LogP) is 3.14. The van der Waals surface area contributed by atoms with E-state index in [1.54, 1.807) is 19.2 Å². The van der Waals surface area contributed by atoms with Gasteiger partial charge in [-0.2, -0.15) is 0 Å². The number of rotatable bonds is 11. The highest BCUT2D eigenvalue weighted by atomic mass is 16.7. The first-order valence-corrected chi connectivity index (χ1v) is 8.50. The van der Waals surface area contributed by atoms with Crippen molar-refractivity contribution in [3.05, 3.63) is 28.8 Å². The second-order valence-corrected chi connectivity index (χ2v) is 5.65. The molecule has 7 nitrogen and oxygen atoms in total. The predicted molar refractivity (Wildman–Crippen MR) is 95.4 cm³/mol. The largest absolute Gasteiger partial charge is 0.480 e. The Labute approximate surface area is 144 Å². The van der Waals surface area contributed by atoms with Crippen molar-refractivity contribution < 1.29 is 14.7 Å². The lowest BCUT2D eigenvalue weighted by atomic mass is 9.90. The van der Waals surface area contributed by atoms with Gasteiger partial charge < -0.3 is 20.6 Å². The van der Waals surface area contributed by atoms with E-state index >= 15 is 0 Å². The van der Waals surface area contributed by atoms with E-state index in [1.807, 2.05) is 13.1 Å². The fourth-order valence-corrected chi connectivity index (χ4v) is 2.26. The van der Waals surface area contributed by atoms with E-state index in [1.165, 1.54) is 25.7 Å². The van der Waals surface area contributed by atoms with Crippen molar-refractivity contribution in [2.45, 2.75) is 57.4 Å². The Bertz CT molecular complexity index is 424. The summed E-state index contributed by atoms with van der Waals surface area (Å²) in [5.74, 6) is -0.849. The van der Waals surface area contributed by atoms with Crippen molar-refractivity contribution in [2.24, 2.45) is 5.34 Å². The second kappa shape index (κ2) is 13.5. The molecule has 3 N–H and O–H groups in total. The summed E-state index contributed by atoms with van der Waals surface area (Å²) in [6.45, 7) is 2.68. The average Bonchev–Trinajstić information content (AvgIpc) is 2.61. The van der Waals surface area contributed by atoms with Crippen molar-refractivity contribution >= 4 is 5.97 Å². The van der Waals surface area contributed by atoms with Crippen molar-refractivity contribution in [1.82, 2.24) is 10.6 Å². The number of allylic oxidation sites excluding steroid dienone is 1. The standard InChI is InChI=1S/C9H14N2O2.C8H17NO2/c1-10-7-3-5-9(11-2,6-4-7)8(12)13;1-2-3-4-5-6-7-8-11-9-10/h3-5,10-11H,6H2,1-2H3,(H,12,13);2-8H2,1H3. The molecular formula is C17H31N3O4. The SMILES string of the molecule is CCCCCCCCON=O.CNC1=CCC(NC)(C(=O)O)C=C1. The Kier molecular flexibility index (Phi) is 12.5. The van der Waals surface area contributed by atoms with E-state index in [2.05, 4.69) is 27.7 Å². The third kappa shape index (κ3) is 8.67. The number of aliphatic carboxylic acids is 1. The van der Waals surface area contributed by atoms with Crippen LogP contribution in [-0.2, 0) is 9.63 Å². The van der Waals surface area contributed by atoms with Gasteiger partial charge in [-0.05, 0) is 26.0 Å². The lowest BCUT2D eigenvalue weighted by molar-refractivity contribution is -0.142. The summed E-state index contributed by atoms with van der Waals surface area (Å²) in [7, 11) is 3.46. The van der Waals surface area contributed by atoms with Gasteiger partial charge in [0.15, 0.2) is 5.34 Å². The molecule has 0 aromatic carbocycles. The third-order valence-corrected chi connectivity index (χ3v) is 3.95. The number of hydrogen-bond donors (Lipinski definition) is 3. The molecule has 0 radical (unpaired) electrons. The molecule has 0 aromatic heterocycles. The third-order valence-electron chi connectivity index (χ3n) is 3.95. The number of hydrogen-bond acceptors (Lipinski definition) is 6. The topological polar surface area (TPSA) is 100 Å². The number of carboxylic acids is 1. The molecule has 0 aromatic rings. The molecule has 1 aliphatic rings. The Morgan fingerprint density at radius 2 is 1.96 bits per heavy atom. The molecule has 24 heavy (non-hydrogen) atoms. The lowest BCUT2D eigenvalue weighted by Crippen LogP contribution is -2.49. The normalized spacial score (nSPS) is 18.9. The van der Waals surface area contributed by atoms with Gasteiger partial charge in [-0.3, -0.25) is 0 Å². The molecule has 1 aliphatic carbocycles. The summed E-state index contributed by atoms with van der Waals surface area (Å²) in [6.07, 6.45) is 13.0. The van der Waals surface area contributed by atoms with Crippen molar-refractivity contribution in [3.8, 4) is 0 Å². The van der Waals surface area contributed by atoms with Crippen LogP contribution in [0, 0.1) is 4.91 Å². The smallest absolute Gasteiger partial charge is 0.328 e. The summed E-state index contributed by atoms with van der Waals surface area (Å²) >= 11 is 0. The van der Waals surface area contributed by atoms with Crippen LogP contribution in [0.4, 0.5) is 0 Å². The number of carboxylic acid groups (broad SMARTS) is 1. The van der Waals surface area contributed by atoms with Gasteiger partial charge in [0.2, 0.25) is 0 Å². The first-order chi connectivity index (χ1) is 11.6. The minimum atomic E-state index is -0.930. The first-order valence-electron chi connectivity index (χ1n) is 8.50. The van der Waals surface area contributed by atoms with Crippen LogP contribution in [0.2, 0.25) is 0 Å². The van der Waals surface area contributed by atoms with Gasteiger partial charge in [0.25, 0.3) is 0 Å². The maximum atomic E-state index is 10.9. The Morgan fingerprint density at radius 1 is 1.29 bits per heavy atom. The van der Waals surface area contributed by atoms with Crippen LogP contribution in [0.1, 0.15) is 51.9 Å². The van der Waals surface area contributed by atoms with E-state index < -0.39 is 11.5 Å². The van der Waals surface area contributed by atoms with Crippen LogP contribution in [-0.4, -0.2) is 37.3 Å². The quantitative estimate of drug-likeness (QED) is 0.303. The van der Waals surface area contributed by atoms with Gasteiger partial charge in [0.1, 0.15) is 12.1 Å². The van der Waals surface area contributed by atoms with Gasteiger partial charge >= 0.3 is 5.97 Å². The highest BCUT2D eigenvalue weighted by Gasteiger charge is 2.34. The molecule has 0 saturated heterocycles. The van der Waals surface area contributed by atoms with Crippen LogP contribution >= 0.6 is 0 Å². The monoisotopic (exact) mass is 341 g/mol. The van der Waals surface area contributed by atoms with E-state index in [-0.39, 0.29) is 0 Å². The summed E-state index contributed by atoms with van der Waals surface area (Å²) in [5, 5.41) is 17.1. The van der Waals surface area contributed by atoms with Crippen LogP contribution in [0.15, 0.2) is 29.3 Å². The minimum Gasteiger partial charge on any atom is -0.480 e. The zero-order valence-corrected chi connectivity index (χ0v) is 15.0. The Balaban J connectivity index is 0.000000449. The van der Waals surface area contributed by atoms with E-state index in [0.717, 1.165) is 18.5 Å². The van der Waals surface area contributed by atoms with Gasteiger partial charge in [-0.25, -0.2) is 4.79 Å². The van der Waals surface area contributed by atoms with Crippen LogP contribution in [0.3, 0.4) is 0 Å². The van der Waals surface area contributed by atoms with Gasteiger partial charge in [-0.15, -0.1) is 4.91 Å². The molecule has 0 bridgehead atoms. The maximum Gasteiger partial charge on any atom is 0.328 e. The number of carbonyl (C=O) groups is 1. The zero-order chi connectivity index (χ0) is 18.3. The first kappa shape index (κ1) is 22.1. The molecular weight excluding hydrogens is 310 g/mol. The van der Waals surface area contributed by atoms with E-state index in [4.69, 9.17) is 5.11 Å². The number of nitrogens with zero attached hydrogens (tertiary/aromatic N) is 1. The van der Waals surface area contributed by atoms with Crippen LogP contribution in [0.25, 0.3) is 0 Å². The van der Waals surface area contributed by atoms with Gasteiger partial charge in [-0.1, -0.05) is 44.8 Å². The molecule has 0 heterocycles. The molecule has 1 atom stereocenters. The highest BCUT2D eigenvalue weighted by Crippen LogP contribution is 2.19. The second-order valence-electron chi connectivity index (χ2n) is 5.65. The summed E-state index contributed by atoms with van der Waals surface area (Å²) < 4.78 is 0. The Morgan fingerprint density at radius 3 is 2.42 bits per heavy atom.